The van der Waals surface area contributed by atoms with Crippen LogP contribution in [-0.4, -0.2) is 32.0 Å². The molecule has 0 aromatic heterocycles. The second-order valence-electron chi connectivity index (χ2n) is 4.99. The first-order valence-corrected chi connectivity index (χ1v) is 9.31. The Balaban J connectivity index is 2.53. The molecule has 0 aliphatic rings. The molecule has 2 rings (SSSR count). The molecule has 0 heterocycles. The van der Waals surface area contributed by atoms with E-state index in [4.69, 9.17) is 8.85 Å². The third-order valence-corrected chi connectivity index (χ3v) is 6.84. The van der Waals surface area contributed by atoms with E-state index in [9.17, 15) is 10.2 Å². The summed E-state index contributed by atoms with van der Waals surface area (Å²) in [7, 11) is -2.84. The van der Waals surface area contributed by atoms with Gasteiger partial charge in [0.15, 0.2) is 0 Å². The summed E-state index contributed by atoms with van der Waals surface area (Å²) >= 11 is 0. The van der Waals surface area contributed by atoms with Crippen LogP contribution >= 0.6 is 0 Å². The molecule has 0 radical (unpaired) electrons. The van der Waals surface area contributed by atoms with Crippen molar-refractivity contribution in [1.29, 1.82) is 0 Å². The van der Waals surface area contributed by atoms with Crippen molar-refractivity contribution in [3.63, 3.8) is 0 Å². The average molecular weight is 318 g/mol. The Kier molecular flexibility index (Phi) is 5.60. The Hall–Kier alpha value is -1.82. The molecule has 22 heavy (non-hydrogen) atoms. The van der Waals surface area contributed by atoms with E-state index in [1.807, 2.05) is 31.2 Å². The van der Waals surface area contributed by atoms with Gasteiger partial charge in [-0.25, -0.2) is 0 Å². The monoisotopic (exact) mass is 318 g/mol. The van der Waals surface area contributed by atoms with Crippen LogP contribution < -0.4 is 10.4 Å². The van der Waals surface area contributed by atoms with Crippen molar-refractivity contribution in [3.05, 3.63) is 48.5 Å². The number of hydrogen-bond donors (Lipinski definition) is 2. The fraction of sp³-hybridized carbons (Fsp3) is 0.294. The van der Waals surface area contributed by atoms with E-state index in [0.29, 0.717) is 13.2 Å². The quantitative estimate of drug-likeness (QED) is 0.768. The van der Waals surface area contributed by atoms with Crippen LogP contribution in [0.25, 0.3) is 0 Å². The summed E-state index contributed by atoms with van der Waals surface area (Å²) < 4.78 is 12.4. The van der Waals surface area contributed by atoms with E-state index in [0.717, 1.165) is 16.8 Å². The molecule has 0 fully saturated rings. The van der Waals surface area contributed by atoms with Crippen LogP contribution in [0.2, 0.25) is 0 Å². The minimum atomic E-state index is -2.84. The number of hydrogen-bond acceptors (Lipinski definition) is 4. The Bertz CT molecular complexity index is 535. The molecule has 0 saturated carbocycles. The maximum atomic E-state index is 9.54. The van der Waals surface area contributed by atoms with Gasteiger partial charge >= 0.3 is 8.56 Å². The lowest BCUT2D eigenvalue weighted by molar-refractivity contribution is 0.199. The first kappa shape index (κ1) is 16.5. The summed E-state index contributed by atoms with van der Waals surface area (Å²) in [5, 5.41) is 20.9. The maximum Gasteiger partial charge on any atom is 0.407 e. The molecule has 2 N–H and O–H groups in total. The van der Waals surface area contributed by atoms with E-state index in [2.05, 4.69) is 6.92 Å². The molecule has 4 nitrogen and oxygen atoms in total. The zero-order valence-electron chi connectivity index (χ0n) is 13.0. The van der Waals surface area contributed by atoms with Gasteiger partial charge in [-0.1, -0.05) is 31.2 Å². The standard InChI is InChI=1S/C17H22O4Si/c1-3-13-21-22(20-4-2,16-9-5-14(18)6-10-16)17-11-7-15(19)8-12-17/h5-12,18-19H,3-4,13H2,1-2H3. The summed E-state index contributed by atoms with van der Waals surface area (Å²) in [6.45, 7) is 5.11. The van der Waals surface area contributed by atoms with Gasteiger partial charge in [0.05, 0.1) is 0 Å². The predicted molar refractivity (Wildman–Crippen MR) is 89.1 cm³/mol. The third kappa shape index (κ3) is 3.49. The van der Waals surface area contributed by atoms with Crippen LogP contribution in [0.3, 0.4) is 0 Å². The van der Waals surface area contributed by atoms with E-state index in [1.165, 1.54) is 0 Å². The van der Waals surface area contributed by atoms with Crippen LogP contribution in [0.5, 0.6) is 11.5 Å². The molecular weight excluding hydrogens is 296 g/mol. The van der Waals surface area contributed by atoms with Gasteiger partial charge in [0, 0.05) is 13.2 Å². The number of benzene rings is 2. The molecular formula is C17H22O4Si. The van der Waals surface area contributed by atoms with Crippen LogP contribution in [0.1, 0.15) is 20.3 Å². The summed E-state index contributed by atoms with van der Waals surface area (Å²) in [5.41, 5.74) is 0. The molecule has 0 unspecified atom stereocenters. The highest BCUT2D eigenvalue weighted by Crippen LogP contribution is 2.15. The normalized spacial score (nSPS) is 11.5. The third-order valence-electron chi connectivity index (χ3n) is 3.35. The first-order valence-electron chi connectivity index (χ1n) is 7.49. The van der Waals surface area contributed by atoms with E-state index >= 15 is 0 Å². The van der Waals surface area contributed by atoms with Gasteiger partial charge in [-0.3, -0.25) is 0 Å². The Morgan fingerprint density at radius 2 is 1.23 bits per heavy atom. The summed E-state index contributed by atoms with van der Waals surface area (Å²) in [5.74, 6) is 0.425. The van der Waals surface area contributed by atoms with Gasteiger partial charge in [-0.2, -0.15) is 0 Å². The summed E-state index contributed by atoms with van der Waals surface area (Å²) in [4.78, 5) is 0. The van der Waals surface area contributed by atoms with Crippen LogP contribution in [0, 0.1) is 0 Å². The molecule has 0 spiro atoms. The van der Waals surface area contributed by atoms with Gasteiger partial charge < -0.3 is 19.1 Å². The molecule has 0 amide bonds. The predicted octanol–water partition coefficient (Wildman–Crippen LogP) is 2.12. The van der Waals surface area contributed by atoms with Crippen molar-refractivity contribution in [1.82, 2.24) is 0 Å². The lowest BCUT2D eigenvalue weighted by Gasteiger charge is -2.31. The Labute approximate surface area is 132 Å². The van der Waals surface area contributed by atoms with Gasteiger partial charge in [0.2, 0.25) is 0 Å². The van der Waals surface area contributed by atoms with Crippen LogP contribution in [0.4, 0.5) is 0 Å². The van der Waals surface area contributed by atoms with Crippen molar-refractivity contribution in [2.75, 3.05) is 13.2 Å². The second-order valence-corrected chi connectivity index (χ2v) is 7.96. The minimum absolute atomic E-state index is 0.212. The van der Waals surface area contributed by atoms with Crippen LogP contribution in [-0.2, 0) is 8.85 Å². The highest BCUT2D eigenvalue weighted by Gasteiger charge is 2.42. The molecule has 2 aromatic carbocycles. The smallest absolute Gasteiger partial charge is 0.407 e. The van der Waals surface area contributed by atoms with E-state index in [-0.39, 0.29) is 11.5 Å². The lowest BCUT2D eigenvalue weighted by Crippen LogP contribution is -2.63. The Morgan fingerprint density at radius 3 is 1.59 bits per heavy atom. The molecule has 0 saturated heterocycles. The SMILES string of the molecule is CCCO[Si](OCC)(c1ccc(O)cc1)c1ccc(O)cc1. The highest BCUT2D eigenvalue weighted by molar-refractivity contribution is 6.92. The molecule has 5 heteroatoms. The van der Waals surface area contributed by atoms with E-state index < -0.39 is 8.56 Å². The van der Waals surface area contributed by atoms with Crippen molar-refractivity contribution in [2.24, 2.45) is 0 Å². The molecule has 118 valence electrons. The average Bonchev–Trinajstić information content (AvgIpc) is 2.53. The molecule has 0 atom stereocenters. The number of phenols is 2. The van der Waals surface area contributed by atoms with Crippen molar-refractivity contribution in [2.45, 2.75) is 20.3 Å². The van der Waals surface area contributed by atoms with Gasteiger partial charge in [0.1, 0.15) is 11.5 Å². The molecule has 2 aromatic rings. The lowest BCUT2D eigenvalue weighted by atomic mass is 10.3. The second kappa shape index (κ2) is 7.44. The summed E-state index contributed by atoms with van der Waals surface area (Å²) in [6.07, 6.45) is 0.887. The maximum absolute atomic E-state index is 9.54. The van der Waals surface area contributed by atoms with Gasteiger partial charge in [-0.15, -0.1) is 0 Å². The topological polar surface area (TPSA) is 58.9 Å². The Morgan fingerprint density at radius 1 is 0.773 bits per heavy atom. The molecule has 0 bridgehead atoms. The number of rotatable bonds is 7. The fourth-order valence-corrected chi connectivity index (χ4v) is 5.54. The molecule has 0 aliphatic carbocycles. The zero-order chi connectivity index (χ0) is 16.0. The van der Waals surface area contributed by atoms with Crippen LogP contribution in [0.15, 0.2) is 48.5 Å². The summed E-state index contributed by atoms with van der Waals surface area (Å²) in [6, 6.07) is 14.0. The van der Waals surface area contributed by atoms with Crippen molar-refractivity contribution >= 4 is 18.9 Å². The van der Waals surface area contributed by atoms with Crippen molar-refractivity contribution in [3.8, 4) is 11.5 Å². The highest BCUT2D eigenvalue weighted by atomic mass is 28.4. The first-order chi connectivity index (χ1) is 10.6. The fourth-order valence-electron chi connectivity index (χ4n) is 2.35. The number of aromatic hydroxyl groups is 2. The minimum Gasteiger partial charge on any atom is -0.508 e. The van der Waals surface area contributed by atoms with Gasteiger partial charge in [-0.05, 0) is 48.0 Å². The number of phenolic OH excluding ortho intramolecular Hbond substituents is 2. The van der Waals surface area contributed by atoms with E-state index in [1.54, 1.807) is 24.3 Å². The largest absolute Gasteiger partial charge is 0.508 e. The van der Waals surface area contributed by atoms with Crippen molar-refractivity contribution < 1.29 is 19.1 Å². The molecule has 0 aliphatic heterocycles. The zero-order valence-corrected chi connectivity index (χ0v) is 14.0. The van der Waals surface area contributed by atoms with Gasteiger partial charge in [0.25, 0.3) is 0 Å².